The molecule has 2 unspecified atom stereocenters. The van der Waals surface area contributed by atoms with Crippen LogP contribution < -0.4 is 5.73 Å². The average Bonchev–Trinajstić information content (AvgIpc) is 2.64. The summed E-state index contributed by atoms with van der Waals surface area (Å²) in [6.07, 6.45) is 0.927. The second kappa shape index (κ2) is 6.25. The van der Waals surface area contributed by atoms with Gasteiger partial charge in [-0.15, -0.1) is 0 Å². The number of hydrogen-bond acceptors (Lipinski definition) is 5. The van der Waals surface area contributed by atoms with Gasteiger partial charge in [0.15, 0.2) is 5.82 Å². The fraction of sp³-hybridized carbons (Fsp3) is 0.818. The Balaban J connectivity index is 2.62. The van der Waals surface area contributed by atoms with Gasteiger partial charge in [0.25, 0.3) is 0 Å². The molecule has 16 heavy (non-hydrogen) atoms. The van der Waals surface area contributed by atoms with E-state index in [4.69, 9.17) is 10.3 Å². The van der Waals surface area contributed by atoms with Gasteiger partial charge in [-0.25, -0.2) is 0 Å². The van der Waals surface area contributed by atoms with Crippen molar-refractivity contribution in [1.82, 2.24) is 10.1 Å². The van der Waals surface area contributed by atoms with Crippen LogP contribution in [0.3, 0.4) is 0 Å². The minimum Gasteiger partial charge on any atom is -0.339 e. The molecule has 0 spiro atoms. The zero-order valence-electron chi connectivity index (χ0n) is 10.4. The Morgan fingerprint density at radius 2 is 2.06 bits per heavy atom. The Kier molecular flexibility index (Phi) is 5.28. The van der Waals surface area contributed by atoms with E-state index in [2.05, 4.69) is 30.9 Å². The third kappa shape index (κ3) is 3.79. The Bertz CT molecular complexity index is 312. The minimum atomic E-state index is 0.0519. The molecule has 1 heterocycles. The van der Waals surface area contributed by atoms with Gasteiger partial charge in [-0.05, 0) is 18.6 Å². The number of hydrogen-bond donors (Lipinski definition) is 1. The van der Waals surface area contributed by atoms with Gasteiger partial charge < -0.3 is 10.3 Å². The minimum absolute atomic E-state index is 0.0519. The average molecular weight is 243 g/mol. The van der Waals surface area contributed by atoms with Crippen LogP contribution in [0.4, 0.5) is 0 Å². The number of aromatic nitrogens is 2. The second-order valence-corrected chi connectivity index (χ2v) is 5.85. The highest BCUT2D eigenvalue weighted by atomic mass is 32.2. The molecule has 0 saturated heterocycles. The van der Waals surface area contributed by atoms with E-state index < -0.39 is 0 Å². The van der Waals surface area contributed by atoms with Gasteiger partial charge in [-0.2, -0.15) is 16.7 Å². The molecule has 2 atom stereocenters. The molecule has 0 saturated carbocycles. The maximum absolute atomic E-state index is 5.88. The molecule has 4 nitrogen and oxygen atoms in total. The summed E-state index contributed by atoms with van der Waals surface area (Å²) in [7, 11) is 0. The maximum atomic E-state index is 5.88. The standard InChI is InChI=1S/C11H21N3OS/c1-5-9(8(4)12)11-13-10(14-15-11)6-16-7(2)3/h7-9H,5-6,12H2,1-4H3. The van der Waals surface area contributed by atoms with Gasteiger partial charge in [0.1, 0.15) is 0 Å². The molecule has 92 valence electrons. The van der Waals surface area contributed by atoms with Gasteiger partial charge in [-0.3, -0.25) is 0 Å². The molecule has 0 radical (unpaired) electrons. The van der Waals surface area contributed by atoms with Crippen molar-refractivity contribution in [1.29, 1.82) is 0 Å². The predicted molar refractivity (Wildman–Crippen MR) is 67.4 cm³/mol. The predicted octanol–water partition coefficient (Wildman–Crippen LogP) is 2.55. The lowest BCUT2D eigenvalue weighted by molar-refractivity contribution is 0.331. The van der Waals surface area contributed by atoms with Crippen LogP contribution in [-0.2, 0) is 5.75 Å². The topological polar surface area (TPSA) is 64.9 Å². The zero-order valence-corrected chi connectivity index (χ0v) is 11.3. The van der Waals surface area contributed by atoms with Crippen molar-refractivity contribution in [3.8, 4) is 0 Å². The Labute approximate surface area is 101 Å². The summed E-state index contributed by atoms with van der Waals surface area (Å²) in [4.78, 5) is 4.40. The molecular formula is C11H21N3OS. The van der Waals surface area contributed by atoms with Crippen LogP contribution in [0.5, 0.6) is 0 Å². The summed E-state index contributed by atoms with van der Waals surface area (Å²) in [5, 5.41) is 4.56. The van der Waals surface area contributed by atoms with E-state index in [0.717, 1.165) is 18.0 Å². The molecule has 1 aromatic rings. The fourth-order valence-corrected chi connectivity index (χ4v) is 2.09. The summed E-state index contributed by atoms with van der Waals surface area (Å²) in [6.45, 7) is 8.37. The lowest BCUT2D eigenvalue weighted by atomic mass is 9.99. The first-order valence-corrected chi connectivity index (χ1v) is 6.79. The van der Waals surface area contributed by atoms with E-state index in [-0.39, 0.29) is 12.0 Å². The van der Waals surface area contributed by atoms with Gasteiger partial charge in [0, 0.05) is 6.04 Å². The summed E-state index contributed by atoms with van der Waals surface area (Å²) < 4.78 is 5.26. The van der Waals surface area contributed by atoms with Crippen molar-refractivity contribution >= 4 is 11.8 Å². The highest BCUT2D eigenvalue weighted by Crippen LogP contribution is 2.22. The molecule has 0 amide bonds. The van der Waals surface area contributed by atoms with Gasteiger partial charge in [0.2, 0.25) is 5.89 Å². The summed E-state index contributed by atoms with van der Waals surface area (Å²) in [5.74, 6) is 2.42. The number of rotatable bonds is 6. The highest BCUT2D eigenvalue weighted by molar-refractivity contribution is 7.99. The Morgan fingerprint density at radius 3 is 2.56 bits per heavy atom. The highest BCUT2D eigenvalue weighted by Gasteiger charge is 2.20. The lowest BCUT2D eigenvalue weighted by Crippen LogP contribution is -2.24. The molecule has 0 aliphatic heterocycles. The van der Waals surface area contributed by atoms with E-state index in [1.807, 2.05) is 18.7 Å². The SMILES string of the molecule is CCC(c1nc(CSC(C)C)no1)C(C)N. The lowest BCUT2D eigenvalue weighted by Gasteiger charge is -2.13. The van der Waals surface area contributed by atoms with Crippen LogP contribution in [0.25, 0.3) is 0 Å². The van der Waals surface area contributed by atoms with E-state index in [1.165, 1.54) is 0 Å². The quantitative estimate of drug-likeness (QED) is 0.831. The Hall–Kier alpha value is -0.550. The van der Waals surface area contributed by atoms with Crippen LogP contribution >= 0.6 is 11.8 Å². The van der Waals surface area contributed by atoms with E-state index in [1.54, 1.807) is 0 Å². The molecule has 1 rings (SSSR count). The van der Waals surface area contributed by atoms with Crippen molar-refractivity contribution < 1.29 is 4.52 Å². The van der Waals surface area contributed by atoms with Crippen LogP contribution in [-0.4, -0.2) is 21.4 Å². The molecule has 0 fully saturated rings. The second-order valence-electron chi connectivity index (χ2n) is 4.28. The summed E-state index contributed by atoms with van der Waals surface area (Å²) in [6, 6.07) is 0.0519. The van der Waals surface area contributed by atoms with E-state index in [9.17, 15) is 0 Å². The third-order valence-corrected chi connectivity index (χ3v) is 3.51. The molecule has 0 aromatic carbocycles. The first kappa shape index (κ1) is 13.5. The van der Waals surface area contributed by atoms with Crippen molar-refractivity contribution in [2.24, 2.45) is 5.73 Å². The third-order valence-electron chi connectivity index (χ3n) is 2.42. The van der Waals surface area contributed by atoms with Crippen LogP contribution in [0.2, 0.25) is 0 Å². The summed E-state index contributed by atoms with van der Waals surface area (Å²) in [5.41, 5.74) is 5.88. The largest absolute Gasteiger partial charge is 0.339 e. The molecular weight excluding hydrogens is 222 g/mol. The van der Waals surface area contributed by atoms with Crippen LogP contribution in [0.15, 0.2) is 4.52 Å². The monoisotopic (exact) mass is 243 g/mol. The summed E-state index contributed by atoms with van der Waals surface area (Å²) >= 11 is 1.81. The molecule has 5 heteroatoms. The Morgan fingerprint density at radius 1 is 1.38 bits per heavy atom. The first-order valence-electron chi connectivity index (χ1n) is 5.74. The van der Waals surface area contributed by atoms with Crippen molar-refractivity contribution in [3.63, 3.8) is 0 Å². The number of thioether (sulfide) groups is 1. The van der Waals surface area contributed by atoms with Crippen molar-refractivity contribution in [3.05, 3.63) is 11.7 Å². The number of nitrogens with zero attached hydrogens (tertiary/aromatic N) is 2. The van der Waals surface area contributed by atoms with Gasteiger partial charge >= 0.3 is 0 Å². The van der Waals surface area contributed by atoms with Crippen molar-refractivity contribution in [2.75, 3.05) is 0 Å². The van der Waals surface area contributed by atoms with Gasteiger partial charge in [0.05, 0.1) is 11.7 Å². The molecule has 0 bridgehead atoms. The smallest absolute Gasteiger partial charge is 0.231 e. The molecule has 1 aromatic heterocycles. The van der Waals surface area contributed by atoms with E-state index in [0.29, 0.717) is 11.1 Å². The van der Waals surface area contributed by atoms with Gasteiger partial charge in [-0.1, -0.05) is 25.9 Å². The number of nitrogens with two attached hydrogens (primary N) is 1. The molecule has 2 N–H and O–H groups in total. The maximum Gasteiger partial charge on any atom is 0.231 e. The first-order chi connectivity index (χ1) is 7.54. The zero-order chi connectivity index (χ0) is 12.1. The van der Waals surface area contributed by atoms with Crippen molar-refractivity contribution in [2.45, 2.75) is 57.1 Å². The molecule has 0 aliphatic carbocycles. The van der Waals surface area contributed by atoms with E-state index >= 15 is 0 Å². The normalized spacial score (nSPS) is 15.4. The molecule has 0 aliphatic rings. The van der Waals surface area contributed by atoms with Crippen LogP contribution in [0.1, 0.15) is 51.7 Å². The van der Waals surface area contributed by atoms with Crippen LogP contribution in [0, 0.1) is 0 Å². The fourth-order valence-electron chi connectivity index (χ4n) is 1.49.